The Hall–Kier alpha value is -4.05. The van der Waals surface area contributed by atoms with Gasteiger partial charge in [-0.25, -0.2) is 4.79 Å². The van der Waals surface area contributed by atoms with Gasteiger partial charge in [-0.1, -0.05) is 0 Å². The molecule has 0 bridgehead atoms. The third kappa shape index (κ3) is 5.11. The highest BCUT2D eigenvalue weighted by Crippen LogP contribution is 2.23. The average molecular weight is 418 g/mol. The van der Waals surface area contributed by atoms with Crippen molar-refractivity contribution in [3.63, 3.8) is 0 Å². The number of nitriles is 1. The second-order valence-corrected chi connectivity index (χ2v) is 6.83. The van der Waals surface area contributed by atoms with Crippen LogP contribution < -0.4 is 9.47 Å². The van der Waals surface area contributed by atoms with Gasteiger partial charge in [-0.05, 0) is 68.4 Å². The summed E-state index contributed by atoms with van der Waals surface area (Å²) in [5, 5.41) is 8.78. The van der Waals surface area contributed by atoms with E-state index in [1.54, 1.807) is 37.4 Å². The number of aromatic nitrogens is 1. The van der Waals surface area contributed by atoms with E-state index in [9.17, 15) is 9.59 Å². The molecule has 0 amide bonds. The van der Waals surface area contributed by atoms with Crippen molar-refractivity contribution in [1.82, 2.24) is 4.57 Å². The van der Waals surface area contributed by atoms with Gasteiger partial charge in [0.15, 0.2) is 13.2 Å². The molecule has 0 aliphatic carbocycles. The molecule has 31 heavy (non-hydrogen) atoms. The van der Waals surface area contributed by atoms with Crippen LogP contribution in [0.15, 0.2) is 54.6 Å². The lowest BCUT2D eigenvalue weighted by Crippen LogP contribution is -2.19. The molecule has 0 atom stereocenters. The number of nitrogens with zero attached hydrogens (tertiary/aromatic N) is 2. The number of ether oxygens (including phenoxy) is 3. The maximum Gasteiger partial charge on any atom is 0.344 e. The van der Waals surface area contributed by atoms with E-state index in [-0.39, 0.29) is 19.0 Å². The Bertz CT molecular complexity index is 1120. The fourth-order valence-corrected chi connectivity index (χ4v) is 3.21. The predicted molar refractivity (Wildman–Crippen MR) is 114 cm³/mol. The minimum atomic E-state index is -0.651. The topological polar surface area (TPSA) is 90.6 Å². The molecule has 0 spiro atoms. The van der Waals surface area contributed by atoms with E-state index in [1.165, 1.54) is 0 Å². The molecule has 0 N–H and O–H groups in total. The Kier molecular flexibility index (Phi) is 6.73. The van der Waals surface area contributed by atoms with Crippen molar-refractivity contribution < 1.29 is 23.8 Å². The number of hydrogen-bond acceptors (Lipinski definition) is 6. The second kappa shape index (κ2) is 9.63. The number of ketones is 1. The standard InChI is InChI=1S/C24H22N2O5/c1-16-12-22(17(2)26(16)19-6-10-20(29-3)11-7-19)23(27)14-31-24(28)15-30-21-8-4-18(13-25)5-9-21/h4-12H,14-15H2,1-3H3. The summed E-state index contributed by atoms with van der Waals surface area (Å²) in [6, 6.07) is 17.7. The number of esters is 1. The summed E-state index contributed by atoms with van der Waals surface area (Å²) in [5.74, 6) is 0.240. The summed E-state index contributed by atoms with van der Waals surface area (Å²) in [6.07, 6.45) is 0. The minimum Gasteiger partial charge on any atom is -0.497 e. The molecule has 7 heteroatoms. The first-order valence-electron chi connectivity index (χ1n) is 9.58. The molecule has 3 rings (SSSR count). The third-order valence-corrected chi connectivity index (χ3v) is 4.77. The van der Waals surface area contributed by atoms with Crippen LogP contribution in [-0.2, 0) is 9.53 Å². The van der Waals surface area contributed by atoms with Crippen LogP contribution in [0.2, 0.25) is 0 Å². The monoisotopic (exact) mass is 418 g/mol. The van der Waals surface area contributed by atoms with Gasteiger partial charge in [-0.3, -0.25) is 4.79 Å². The van der Waals surface area contributed by atoms with Crippen LogP contribution >= 0.6 is 0 Å². The lowest BCUT2D eigenvalue weighted by Gasteiger charge is -2.11. The van der Waals surface area contributed by atoms with E-state index in [0.717, 1.165) is 22.8 Å². The highest BCUT2D eigenvalue weighted by molar-refractivity contribution is 5.99. The number of methoxy groups -OCH3 is 1. The van der Waals surface area contributed by atoms with E-state index in [0.29, 0.717) is 16.9 Å². The maximum atomic E-state index is 12.6. The Labute approximate surface area is 180 Å². The molecule has 3 aromatic rings. The fraction of sp³-hybridized carbons (Fsp3) is 0.208. The summed E-state index contributed by atoms with van der Waals surface area (Å²) < 4.78 is 17.5. The zero-order valence-electron chi connectivity index (χ0n) is 17.5. The number of carbonyl (C=O) groups is 2. The Morgan fingerprint density at radius 3 is 2.23 bits per heavy atom. The lowest BCUT2D eigenvalue weighted by molar-refractivity contribution is -0.144. The minimum absolute atomic E-state index is 0.292. The summed E-state index contributed by atoms with van der Waals surface area (Å²) in [6.45, 7) is 3.05. The van der Waals surface area contributed by atoms with Crippen molar-refractivity contribution in [3.05, 3.63) is 77.1 Å². The number of benzene rings is 2. The molecule has 0 aliphatic rings. The van der Waals surface area contributed by atoms with Gasteiger partial charge in [-0.15, -0.1) is 0 Å². The molecule has 2 aromatic carbocycles. The molecule has 158 valence electrons. The van der Waals surface area contributed by atoms with Gasteiger partial charge in [0.2, 0.25) is 5.78 Å². The van der Waals surface area contributed by atoms with Crippen LogP contribution in [0.3, 0.4) is 0 Å². The molecular weight excluding hydrogens is 396 g/mol. The Morgan fingerprint density at radius 1 is 0.968 bits per heavy atom. The quantitative estimate of drug-likeness (QED) is 0.408. The maximum absolute atomic E-state index is 12.6. The van der Waals surface area contributed by atoms with Gasteiger partial charge in [0.1, 0.15) is 11.5 Å². The number of rotatable bonds is 8. The smallest absolute Gasteiger partial charge is 0.344 e. The van der Waals surface area contributed by atoms with Crippen molar-refractivity contribution in [2.24, 2.45) is 0 Å². The van der Waals surface area contributed by atoms with Crippen molar-refractivity contribution in [2.45, 2.75) is 13.8 Å². The summed E-state index contributed by atoms with van der Waals surface area (Å²) in [7, 11) is 1.61. The normalized spacial score (nSPS) is 10.3. The number of carbonyl (C=O) groups excluding carboxylic acids is 2. The van der Waals surface area contributed by atoms with E-state index in [2.05, 4.69) is 0 Å². The molecule has 0 unspecified atom stereocenters. The molecule has 0 aliphatic heterocycles. The van der Waals surface area contributed by atoms with Crippen LogP contribution in [0.1, 0.15) is 27.3 Å². The van der Waals surface area contributed by atoms with Crippen LogP contribution in [0.25, 0.3) is 5.69 Å². The first kappa shape index (κ1) is 21.7. The molecule has 7 nitrogen and oxygen atoms in total. The molecule has 1 aromatic heterocycles. The first-order chi connectivity index (χ1) is 14.9. The fourth-order valence-electron chi connectivity index (χ4n) is 3.21. The number of aryl methyl sites for hydroxylation is 1. The van der Waals surface area contributed by atoms with Crippen molar-refractivity contribution >= 4 is 11.8 Å². The molecular formula is C24H22N2O5. The van der Waals surface area contributed by atoms with Gasteiger partial charge in [0, 0.05) is 22.6 Å². The van der Waals surface area contributed by atoms with Gasteiger partial charge < -0.3 is 18.8 Å². The predicted octanol–water partition coefficient (Wildman–Crippen LogP) is 3.78. The number of hydrogen-bond donors (Lipinski definition) is 0. The highest BCUT2D eigenvalue weighted by Gasteiger charge is 2.18. The van der Waals surface area contributed by atoms with Crippen LogP contribution in [-0.4, -0.2) is 36.6 Å². The lowest BCUT2D eigenvalue weighted by atomic mass is 10.1. The summed E-state index contributed by atoms with van der Waals surface area (Å²) in [4.78, 5) is 24.6. The van der Waals surface area contributed by atoms with Crippen LogP contribution in [0.5, 0.6) is 11.5 Å². The third-order valence-electron chi connectivity index (χ3n) is 4.77. The number of Topliss-reactive ketones (excluding diaryl/α,β-unsaturated/α-hetero) is 1. The Morgan fingerprint density at radius 2 is 1.61 bits per heavy atom. The Balaban J connectivity index is 1.60. The van der Waals surface area contributed by atoms with Gasteiger partial charge in [-0.2, -0.15) is 5.26 Å². The van der Waals surface area contributed by atoms with Crippen molar-refractivity contribution in [3.8, 4) is 23.3 Å². The highest BCUT2D eigenvalue weighted by atomic mass is 16.6. The van der Waals surface area contributed by atoms with Crippen molar-refractivity contribution in [2.75, 3.05) is 20.3 Å². The van der Waals surface area contributed by atoms with E-state index >= 15 is 0 Å². The van der Waals surface area contributed by atoms with Crippen molar-refractivity contribution in [1.29, 1.82) is 5.26 Å². The van der Waals surface area contributed by atoms with E-state index < -0.39 is 5.97 Å². The van der Waals surface area contributed by atoms with Gasteiger partial charge in [0.25, 0.3) is 0 Å². The zero-order valence-corrected chi connectivity index (χ0v) is 17.5. The largest absolute Gasteiger partial charge is 0.497 e. The summed E-state index contributed by atoms with van der Waals surface area (Å²) in [5.41, 5.74) is 3.54. The van der Waals surface area contributed by atoms with Gasteiger partial charge >= 0.3 is 5.97 Å². The van der Waals surface area contributed by atoms with Crippen LogP contribution in [0.4, 0.5) is 0 Å². The molecule has 0 saturated carbocycles. The molecule has 1 heterocycles. The zero-order chi connectivity index (χ0) is 22.4. The SMILES string of the molecule is COc1ccc(-n2c(C)cc(C(=O)COC(=O)COc3ccc(C#N)cc3)c2C)cc1. The second-order valence-electron chi connectivity index (χ2n) is 6.83. The average Bonchev–Trinajstić information content (AvgIpc) is 3.10. The molecule has 0 radical (unpaired) electrons. The van der Waals surface area contributed by atoms with E-state index in [1.807, 2.05) is 48.7 Å². The van der Waals surface area contributed by atoms with Gasteiger partial charge in [0.05, 0.1) is 18.7 Å². The first-order valence-corrected chi connectivity index (χ1v) is 9.58. The van der Waals surface area contributed by atoms with Crippen LogP contribution in [0, 0.1) is 25.2 Å². The molecule has 0 saturated heterocycles. The molecule has 0 fully saturated rings. The summed E-state index contributed by atoms with van der Waals surface area (Å²) >= 11 is 0. The van der Waals surface area contributed by atoms with E-state index in [4.69, 9.17) is 19.5 Å².